The minimum Gasteiger partial charge on any atom is -0.393 e. The molecule has 0 saturated heterocycles. The number of aliphatic hydroxyl groups is 1. The van der Waals surface area contributed by atoms with E-state index in [2.05, 4.69) is 63.2 Å². The number of carbonyl (C=O) groups is 1. The average molecular weight is 436 g/mol. The molecule has 0 aromatic heterocycles. The van der Waals surface area contributed by atoms with Crippen LogP contribution in [-0.4, -0.2) is 31.1 Å². The molecule has 3 heteroatoms. The van der Waals surface area contributed by atoms with Crippen molar-refractivity contribution in [3.8, 4) is 0 Å². The first-order valence-corrected chi connectivity index (χ1v) is 12.8. The van der Waals surface area contributed by atoms with Crippen LogP contribution in [0.5, 0.6) is 0 Å². The van der Waals surface area contributed by atoms with E-state index in [1.165, 1.54) is 29.7 Å². The van der Waals surface area contributed by atoms with Crippen LogP contribution in [0.3, 0.4) is 0 Å². The summed E-state index contributed by atoms with van der Waals surface area (Å²) in [5.74, 6) is 2.83. The first-order valence-electron chi connectivity index (χ1n) is 12.8. The van der Waals surface area contributed by atoms with E-state index in [0.717, 1.165) is 32.1 Å². The number of Topliss-reactive ketones (excluding diaryl/α,β-unsaturated/α-hetero) is 1. The number of aliphatic hydroxyl groups excluding tert-OH is 1. The highest BCUT2D eigenvalue weighted by Gasteiger charge is 2.62. The smallest absolute Gasteiger partial charge is 0.134 e. The summed E-state index contributed by atoms with van der Waals surface area (Å²) in [6.07, 6.45) is 9.97. The van der Waals surface area contributed by atoms with Crippen LogP contribution in [0.25, 0.3) is 0 Å². The van der Waals surface area contributed by atoms with Gasteiger partial charge >= 0.3 is 0 Å². The van der Waals surface area contributed by atoms with Crippen molar-refractivity contribution in [3.63, 3.8) is 0 Å². The van der Waals surface area contributed by atoms with Gasteiger partial charge in [-0.05, 0) is 104 Å². The minimum absolute atomic E-state index is 0.105. The third-order valence-electron chi connectivity index (χ3n) is 10.4. The number of hydrogen-bond acceptors (Lipinski definition) is 3. The number of carbonyl (C=O) groups excluding carboxylic acids is 1. The molecule has 4 aliphatic carbocycles. The average Bonchev–Trinajstić information content (AvgIpc) is 3.07. The molecule has 5 rings (SSSR count). The van der Waals surface area contributed by atoms with Crippen molar-refractivity contribution >= 4 is 11.5 Å². The lowest BCUT2D eigenvalue weighted by Crippen LogP contribution is -2.51. The van der Waals surface area contributed by atoms with Gasteiger partial charge in [0.25, 0.3) is 0 Å². The molecule has 1 aromatic rings. The number of rotatable bonds is 3. The Kier molecular flexibility index (Phi) is 5.36. The second kappa shape index (κ2) is 7.72. The van der Waals surface area contributed by atoms with Crippen LogP contribution in [0.1, 0.15) is 77.2 Å². The Morgan fingerprint density at radius 3 is 2.44 bits per heavy atom. The maximum atomic E-state index is 13.1. The van der Waals surface area contributed by atoms with Gasteiger partial charge in [-0.1, -0.05) is 37.6 Å². The first kappa shape index (κ1) is 22.2. The van der Waals surface area contributed by atoms with Gasteiger partial charge in [0.1, 0.15) is 5.78 Å². The van der Waals surface area contributed by atoms with Crippen molar-refractivity contribution in [1.29, 1.82) is 0 Å². The molecule has 174 valence electrons. The number of nitrogens with zero attached hydrogens (tertiary/aromatic N) is 1. The second-order valence-corrected chi connectivity index (χ2v) is 12.1. The SMILES string of the molecule is CC(=O)[C@@H]1[C@H](c2ccc(N(C)C)cc2)C[C@@H]2[C@@H]3CC=C4C[C@@H](O)CC[C@]4(C)[C@H]3CC[C@@]21C. The zero-order chi connectivity index (χ0) is 22.8. The van der Waals surface area contributed by atoms with E-state index in [4.69, 9.17) is 0 Å². The molecule has 32 heavy (non-hydrogen) atoms. The molecule has 0 heterocycles. The number of anilines is 1. The zero-order valence-corrected chi connectivity index (χ0v) is 20.6. The molecule has 3 fully saturated rings. The van der Waals surface area contributed by atoms with Gasteiger partial charge in [-0.3, -0.25) is 4.79 Å². The van der Waals surface area contributed by atoms with Crippen molar-refractivity contribution < 1.29 is 9.90 Å². The second-order valence-electron chi connectivity index (χ2n) is 12.1. The Morgan fingerprint density at radius 1 is 1.06 bits per heavy atom. The standard InChI is InChI=1S/C29H41NO2/c1-18(31)27-24(19-6-9-21(10-7-19)30(4)5)17-26-23-11-8-20-16-22(32)12-14-28(20,2)25(23)13-15-29(26,27)3/h6-10,22-27,32H,11-17H2,1-5H3/t22-,23+,24-,25-,26+,27+,28-,29-/m0/s1. The predicted molar refractivity (Wildman–Crippen MR) is 131 cm³/mol. The van der Waals surface area contributed by atoms with Crippen LogP contribution in [-0.2, 0) is 4.79 Å². The maximum absolute atomic E-state index is 13.1. The van der Waals surface area contributed by atoms with Crippen molar-refractivity contribution in [2.24, 2.45) is 34.5 Å². The summed E-state index contributed by atoms with van der Waals surface area (Å²) in [4.78, 5) is 15.2. The molecule has 3 saturated carbocycles. The van der Waals surface area contributed by atoms with E-state index in [9.17, 15) is 9.90 Å². The topological polar surface area (TPSA) is 40.5 Å². The summed E-state index contributed by atoms with van der Waals surface area (Å²) in [7, 11) is 4.16. The van der Waals surface area contributed by atoms with E-state index in [0.29, 0.717) is 29.5 Å². The van der Waals surface area contributed by atoms with Crippen molar-refractivity contribution in [2.75, 3.05) is 19.0 Å². The highest BCUT2D eigenvalue weighted by atomic mass is 16.3. The lowest BCUT2D eigenvalue weighted by Gasteiger charge is -2.57. The largest absolute Gasteiger partial charge is 0.393 e. The number of allylic oxidation sites excluding steroid dienone is 1. The molecule has 3 nitrogen and oxygen atoms in total. The maximum Gasteiger partial charge on any atom is 0.134 e. The van der Waals surface area contributed by atoms with Crippen molar-refractivity contribution in [2.45, 2.75) is 77.7 Å². The van der Waals surface area contributed by atoms with Gasteiger partial charge in [0.05, 0.1) is 6.10 Å². The van der Waals surface area contributed by atoms with Crippen LogP contribution in [0.2, 0.25) is 0 Å². The Labute approximate surface area is 194 Å². The molecular weight excluding hydrogens is 394 g/mol. The summed E-state index contributed by atoms with van der Waals surface area (Å²) in [5, 5.41) is 10.3. The van der Waals surface area contributed by atoms with E-state index in [1.54, 1.807) is 0 Å². The Morgan fingerprint density at radius 2 is 1.78 bits per heavy atom. The Balaban J connectivity index is 1.49. The lowest BCUT2D eigenvalue weighted by molar-refractivity contribution is -0.128. The van der Waals surface area contributed by atoms with Gasteiger partial charge in [0, 0.05) is 25.7 Å². The summed E-state index contributed by atoms with van der Waals surface area (Å²) in [6, 6.07) is 8.97. The Bertz CT molecular complexity index is 918. The molecule has 4 aliphatic rings. The molecule has 0 radical (unpaired) electrons. The minimum atomic E-state index is -0.150. The van der Waals surface area contributed by atoms with Gasteiger partial charge < -0.3 is 10.0 Å². The fourth-order valence-electron chi connectivity index (χ4n) is 8.78. The third kappa shape index (κ3) is 3.22. The molecule has 1 aromatic carbocycles. The molecule has 0 unspecified atom stereocenters. The molecule has 1 N–H and O–H groups in total. The molecular formula is C29H41NO2. The molecule has 0 spiro atoms. The van der Waals surface area contributed by atoms with E-state index in [1.807, 2.05) is 6.92 Å². The lowest BCUT2D eigenvalue weighted by atomic mass is 9.47. The highest BCUT2D eigenvalue weighted by Crippen LogP contribution is 2.68. The predicted octanol–water partition coefficient (Wildman–Crippen LogP) is 5.98. The number of benzene rings is 1. The van der Waals surface area contributed by atoms with Crippen LogP contribution in [0.15, 0.2) is 35.9 Å². The molecule has 8 atom stereocenters. The molecule has 0 aliphatic heterocycles. The zero-order valence-electron chi connectivity index (χ0n) is 20.6. The molecule has 0 amide bonds. The monoisotopic (exact) mass is 435 g/mol. The Hall–Kier alpha value is -1.61. The van der Waals surface area contributed by atoms with E-state index in [-0.39, 0.29) is 22.9 Å². The third-order valence-corrected chi connectivity index (χ3v) is 10.4. The van der Waals surface area contributed by atoms with Crippen LogP contribution in [0, 0.1) is 34.5 Å². The summed E-state index contributed by atoms with van der Waals surface area (Å²) in [5.41, 5.74) is 4.45. The van der Waals surface area contributed by atoms with Crippen LogP contribution >= 0.6 is 0 Å². The van der Waals surface area contributed by atoms with Gasteiger partial charge in [-0.2, -0.15) is 0 Å². The molecule has 0 bridgehead atoms. The summed E-state index contributed by atoms with van der Waals surface area (Å²) in [6.45, 7) is 6.77. The van der Waals surface area contributed by atoms with Crippen LogP contribution < -0.4 is 4.90 Å². The van der Waals surface area contributed by atoms with Gasteiger partial charge in [0.2, 0.25) is 0 Å². The van der Waals surface area contributed by atoms with E-state index >= 15 is 0 Å². The number of hydrogen-bond donors (Lipinski definition) is 1. The highest BCUT2D eigenvalue weighted by molar-refractivity contribution is 5.81. The fraction of sp³-hybridized carbons (Fsp3) is 0.690. The number of ketones is 1. The summed E-state index contributed by atoms with van der Waals surface area (Å²) < 4.78 is 0. The normalized spacial score (nSPS) is 43.0. The van der Waals surface area contributed by atoms with Gasteiger partial charge in [-0.25, -0.2) is 0 Å². The first-order chi connectivity index (χ1) is 15.1. The van der Waals surface area contributed by atoms with E-state index < -0.39 is 0 Å². The summed E-state index contributed by atoms with van der Waals surface area (Å²) >= 11 is 0. The quantitative estimate of drug-likeness (QED) is 0.594. The van der Waals surface area contributed by atoms with Gasteiger partial charge in [-0.15, -0.1) is 0 Å². The van der Waals surface area contributed by atoms with Crippen LogP contribution in [0.4, 0.5) is 5.69 Å². The number of fused-ring (bicyclic) bond motifs is 5. The van der Waals surface area contributed by atoms with Crippen molar-refractivity contribution in [3.05, 3.63) is 41.5 Å². The van der Waals surface area contributed by atoms with Crippen molar-refractivity contribution in [1.82, 2.24) is 0 Å². The van der Waals surface area contributed by atoms with Gasteiger partial charge in [0.15, 0.2) is 0 Å². The fourth-order valence-corrected chi connectivity index (χ4v) is 8.78.